The number of hydrogen-bond acceptors (Lipinski definition) is 3. The van der Waals surface area contributed by atoms with Crippen molar-refractivity contribution < 1.29 is 9.90 Å². The molecule has 0 spiro atoms. The monoisotopic (exact) mass is 378 g/mol. The van der Waals surface area contributed by atoms with Crippen molar-refractivity contribution in [1.82, 2.24) is 9.88 Å². The number of carboxylic acid groups (broad SMARTS) is 1. The van der Waals surface area contributed by atoms with Gasteiger partial charge in [-0.05, 0) is 51.3 Å². The second-order valence-electron chi connectivity index (χ2n) is 4.14. The van der Waals surface area contributed by atoms with E-state index in [1.54, 1.807) is 6.20 Å². The topological polar surface area (TPSA) is 53.4 Å². The van der Waals surface area contributed by atoms with E-state index in [0.717, 1.165) is 21.1 Å². The maximum Gasteiger partial charge on any atom is 0.317 e. The Kier molecular flexibility index (Phi) is 6.25. The van der Waals surface area contributed by atoms with Crippen molar-refractivity contribution in [3.63, 3.8) is 0 Å². The van der Waals surface area contributed by atoms with Crippen LogP contribution in [0.2, 0.25) is 0 Å². The lowest BCUT2D eigenvalue weighted by Gasteiger charge is -2.26. The van der Waals surface area contributed by atoms with E-state index in [2.05, 4.69) is 36.8 Å². The van der Waals surface area contributed by atoms with Gasteiger partial charge in [0.1, 0.15) is 0 Å². The zero-order valence-electron chi connectivity index (χ0n) is 10.4. The molecule has 1 aromatic rings. The molecule has 1 rings (SSSR count). The van der Waals surface area contributed by atoms with Crippen LogP contribution in [0.1, 0.15) is 26.0 Å². The van der Waals surface area contributed by atoms with Gasteiger partial charge in [0, 0.05) is 27.7 Å². The average molecular weight is 380 g/mol. The number of aliphatic carboxylic acids is 1. The quantitative estimate of drug-likeness (QED) is 0.823. The molecule has 1 aromatic heterocycles. The van der Waals surface area contributed by atoms with Gasteiger partial charge in [0.05, 0.1) is 12.2 Å². The number of carboxylic acids is 1. The van der Waals surface area contributed by atoms with Crippen LogP contribution in [0.3, 0.4) is 0 Å². The zero-order chi connectivity index (χ0) is 13.7. The maximum absolute atomic E-state index is 10.9. The lowest BCUT2D eigenvalue weighted by molar-refractivity contribution is -0.139. The molecule has 0 amide bonds. The summed E-state index contributed by atoms with van der Waals surface area (Å²) in [5, 5.41) is 8.94. The van der Waals surface area contributed by atoms with E-state index in [4.69, 9.17) is 5.11 Å². The third-order valence-corrected chi connectivity index (χ3v) is 3.91. The lowest BCUT2D eigenvalue weighted by atomic mass is 10.2. The first-order valence-electron chi connectivity index (χ1n) is 5.69. The molecule has 0 aliphatic rings. The average Bonchev–Trinajstić information content (AvgIpc) is 2.30. The Morgan fingerprint density at radius 3 is 2.72 bits per heavy atom. The van der Waals surface area contributed by atoms with Crippen molar-refractivity contribution >= 4 is 37.8 Å². The van der Waals surface area contributed by atoms with Crippen molar-refractivity contribution in [2.45, 2.75) is 32.9 Å². The molecule has 0 radical (unpaired) electrons. The minimum Gasteiger partial charge on any atom is -0.480 e. The molecule has 0 saturated heterocycles. The molecule has 1 heterocycles. The van der Waals surface area contributed by atoms with Crippen molar-refractivity contribution in [2.24, 2.45) is 0 Å². The van der Waals surface area contributed by atoms with Crippen LogP contribution in [-0.4, -0.2) is 33.5 Å². The van der Waals surface area contributed by atoms with Gasteiger partial charge in [-0.2, -0.15) is 0 Å². The molecule has 18 heavy (non-hydrogen) atoms. The molecule has 0 bridgehead atoms. The van der Waals surface area contributed by atoms with Gasteiger partial charge < -0.3 is 5.11 Å². The molecule has 0 fully saturated rings. The Morgan fingerprint density at radius 1 is 1.56 bits per heavy atom. The SMILES string of the molecule is CCC(C)N(CC(=O)O)Cc1ncc(Br)cc1Br. The van der Waals surface area contributed by atoms with E-state index in [9.17, 15) is 4.79 Å². The number of aromatic nitrogens is 1. The van der Waals surface area contributed by atoms with Gasteiger partial charge in [-0.25, -0.2) is 0 Å². The minimum absolute atomic E-state index is 0.0270. The van der Waals surface area contributed by atoms with E-state index < -0.39 is 5.97 Å². The van der Waals surface area contributed by atoms with Gasteiger partial charge in [0.25, 0.3) is 0 Å². The van der Waals surface area contributed by atoms with Gasteiger partial charge >= 0.3 is 5.97 Å². The lowest BCUT2D eigenvalue weighted by Crippen LogP contribution is -2.36. The molecule has 1 unspecified atom stereocenters. The van der Waals surface area contributed by atoms with E-state index in [0.29, 0.717) is 6.54 Å². The first-order valence-corrected chi connectivity index (χ1v) is 7.28. The number of rotatable bonds is 6. The van der Waals surface area contributed by atoms with Crippen LogP contribution in [0, 0.1) is 0 Å². The van der Waals surface area contributed by atoms with Gasteiger partial charge in [-0.1, -0.05) is 6.92 Å². The highest BCUT2D eigenvalue weighted by molar-refractivity contribution is 9.11. The molecule has 100 valence electrons. The Hall–Kier alpha value is -0.460. The summed E-state index contributed by atoms with van der Waals surface area (Å²) in [5.41, 5.74) is 0.847. The molecule has 1 atom stereocenters. The Balaban J connectivity index is 2.85. The highest BCUT2D eigenvalue weighted by atomic mass is 79.9. The molecule has 0 saturated carbocycles. The summed E-state index contributed by atoms with van der Waals surface area (Å²) in [7, 11) is 0. The molecule has 1 N–H and O–H groups in total. The van der Waals surface area contributed by atoms with Crippen LogP contribution in [0.4, 0.5) is 0 Å². The normalized spacial score (nSPS) is 12.7. The largest absolute Gasteiger partial charge is 0.480 e. The summed E-state index contributed by atoms with van der Waals surface area (Å²) in [6.07, 6.45) is 2.62. The van der Waals surface area contributed by atoms with Crippen LogP contribution < -0.4 is 0 Å². The Morgan fingerprint density at radius 2 is 2.22 bits per heavy atom. The summed E-state index contributed by atoms with van der Waals surface area (Å²) in [6, 6.07) is 2.12. The smallest absolute Gasteiger partial charge is 0.317 e. The van der Waals surface area contributed by atoms with E-state index in [1.165, 1.54) is 0 Å². The molecule has 0 aromatic carbocycles. The summed E-state index contributed by atoms with van der Waals surface area (Å²) in [5.74, 6) is -0.816. The molecular formula is C12H16Br2N2O2. The number of nitrogens with zero attached hydrogens (tertiary/aromatic N) is 2. The molecule has 0 aliphatic carbocycles. The van der Waals surface area contributed by atoms with Crippen molar-refractivity contribution in [2.75, 3.05) is 6.54 Å². The number of carbonyl (C=O) groups is 1. The highest BCUT2D eigenvalue weighted by Gasteiger charge is 2.17. The summed E-state index contributed by atoms with van der Waals surface area (Å²) < 4.78 is 1.78. The standard InChI is InChI=1S/C12H16Br2N2O2/c1-3-8(2)16(7-12(17)18)6-11-10(14)4-9(13)5-15-11/h4-5,8H,3,6-7H2,1-2H3,(H,17,18). The zero-order valence-corrected chi connectivity index (χ0v) is 13.5. The van der Waals surface area contributed by atoms with E-state index in [1.807, 2.05) is 24.8 Å². The van der Waals surface area contributed by atoms with Crippen LogP contribution in [0.25, 0.3) is 0 Å². The summed E-state index contributed by atoms with van der Waals surface area (Å²) in [4.78, 5) is 17.1. The number of halogens is 2. The molecule has 4 nitrogen and oxygen atoms in total. The maximum atomic E-state index is 10.9. The fourth-order valence-electron chi connectivity index (χ4n) is 1.55. The van der Waals surface area contributed by atoms with Gasteiger partial charge in [0.2, 0.25) is 0 Å². The number of pyridine rings is 1. The van der Waals surface area contributed by atoms with Crippen LogP contribution in [-0.2, 0) is 11.3 Å². The van der Waals surface area contributed by atoms with Crippen molar-refractivity contribution in [3.8, 4) is 0 Å². The highest BCUT2D eigenvalue weighted by Crippen LogP contribution is 2.21. The van der Waals surface area contributed by atoms with Gasteiger partial charge in [0.15, 0.2) is 0 Å². The Bertz CT molecular complexity index is 427. The summed E-state index contributed by atoms with van der Waals surface area (Å²) in [6.45, 7) is 4.62. The second-order valence-corrected chi connectivity index (χ2v) is 5.91. The fourth-order valence-corrected chi connectivity index (χ4v) is 2.66. The van der Waals surface area contributed by atoms with E-state index in [-0.39, 0.29) is 12.6 Å². The predicted octanol–water partition coefficient (Wildman–Crippen LogP) is 3.29. The summed E-state index contributed by atoms with van der Waals surface area (Å²) >= 11 is 6.79. The van der Waals surface area contributed by atoms with Crippen molar-refractivity contribution in [1.29, 1.82) is 0 Å². The third kappa shape index (κ3) is 4.66. The first-order chi connectivity index (χ1) is 8.43. The van der Waals surface area contributed by atoms with Gasteiger partial charge in [-0.15, -0.1) is 0 Å². The predicted molar refractivity (Wildman–Crippen MR) is 77.4 cm³/mol. The van der Waals surface area contributed by atoms with Crippen molar-refractivity contribution in [3.05, 3.63) is 26.9 Å². The van der Waals surface area contributed by atoms with Gasteiger partial charge in [-0.3, -0.25) is 14.7 Å². The third-order valence-electron chi connectivity index (χ3n) is 2.79. The Labute approximate surface area is 124 Å². The van der Waals surface area contributed by atoms with Crippen LogP contribution in [0.5, 0.6) is 0 Å². The number of hydrogen-bond donors (Lipinski definition) is 1. The first kappa shape index (κ1) is 15.6. The van der Waals surface area contributed by atoms with E-state index >= 15 is 0 Å². The molecule has 6 heteroatoms. The second kappa shape index (κ2) is 7.21. The molecule has 0 aliphatic heterocycles. The van der Waals surface area contributed by atoms with Crippen LogP contribution in [0.15, 0.2) is 21.2 Å². The molecular weight excluding hydrogens is 364 g/mol. The van der Waals surface area contributed by atoms with Crippen LogP contribution >= 0.6 is 31.9 Å². The minimum atomic E-state index is -0.816. The fraction of sp³-hybridized carbons (Fsp3) is 0.500.